The zero-order valence-electron chi connectivity index (χ0n) is 9.99. The summed E-state index contributed by atoms with van der Waals surface area (Å²) in [4.78, 5) is 12.0. The fourth-order valence-corrected chi connectivity index (χ4v) is 2.21. The quantitative estimate of drug-likeness (QED) is 0.877. The van der Waals surface area contributed by atoms with Crippen molar-refractivity contribution in [1.29, 1.82) is 0 Å². The summed E-state index contributed by atoms with van der Waals surface area (Å²) >= 11 is 1.69. The summed E-state index contributed by atoms with van der Waals surface area (Å²) in [6, 6.07) is 7.97. The van der Waals surface area contributed by atoms with E-state index in [9.17, 15) is 4.79 Å². The number of carbonyl (C=O) groups is 1. The van der Waals surface area contributed by atoms with E-state index >= 15 is 0 Å². The number of hydrogen-bond acceptors (Lipinski definition) is 3. The Kier molecular flexibility index (Phi) is 3.17. The van der Waals surface area contributed by atoms with Crippen LogP contribution in [0.5, 0.6) is 0 Å². The van der Waals surface area contributed by atoms with Crippen LogP contribution in [0.1, 0.15) is 13.8 Å². The molecule has 0 aliphatic carbocycles. The summed E-state index contributed by atoms with van der Waals surface area (Å²) in [5.74, 6) is -0.0467. The highest BCUT2D eigenvalue weighted by molar-refractivity contribution is 7.17. The molecule has 90 valence electrons. The van der Waals surface area contributed by atoms with Crippen LogP contribution in [0, 0.1) is 5.41 Å². The minimum Gasteiger partial charge on any atom is -0.329 e. The predicted octanol–water partition coefficient (Wildman–Crippen LogP) is 2.82. The van der Waals surface area contributed by atoms with Crippen LogP contribution in [0.15, 0.2) is 29.6 Å². The zero-order valence-corrected chi connectivity index (χ0v) is 10.8. The highest BCUT2D eigenvalue weighted by Gasteiger charge is 2.25. The molecule has 3 N–H and O–H groups in total. The van der Waals surface area contributed by atoms with Gasteiger partial charge in [-0.15, -0.1) is 11.3 Å². The largest absolute Gasteiger partial charge is 0.329 e. The molecular formula is C13H16N2OS. The minimum atomic E-state index is -0.538. The third-order valence-corrected chi connectivity index (χ3v) is 3.73. The lowest BCUT2D eigenvalue weighted by molar-refractivity contribution is -0.123. The van der Waals surface area contributed by atoms with Gasteiger partial charge in [-0.05, 0) is 48.9 Å². The topological polar surface area (TPSA) is 55.1 Å². The maximum atomic E-state index is 12.0. The lowest BCUT2D eigenvalue weighted by atomic mass is 9.92. The number of hydrogen-bond donors (Lipinski definition) is 2. The van der Waals surface area contributed by atoms with Crippen molar-refractivity contribution in [2.75, 3.05) is 11.9 Å². The van der Waals surface area contributed by atoms with Gasteiger partial charge >= 0.3 is 0 Å². The lowest BCUT2D eigenvalue weighted by Gasteiger charge is -2.21. The van der Waals surface area contributed by atoms with E-state index in [2.05, 4.69) is 5.32 Å². The molecule has 0 radical (unpaired) electrons. The van der Waals surface area contributed by atoms with Crippen molar-refractivity contribution in [2.24, 2.45) is 11.1 Å². The number of benzene rings is 1. The summed E-state index contributed by atoms with van der Waals surface area (Å²) < 4.78 is 1.22. The predicted molar refractivity (Wildman–Crippen MR) is 73.3 cm³/mol. The summed E-state index contributed by atoms with van der Waals surface area (Å²) in [5.41, 5.74) is 5.86. The number of nitrogens with two attached hydrogens (primary N) is 1. The van der Waals surface area contributed by atoms with Crippen LogP contribution in [0.3, 0.4) is 0 Å². The van der Waals surface area contributed by atoms with Gasteiger partial charge in [0, 0.05) is 16.9 Å². The Balaban J connectivity index is 2.21. The van der Waals surface area contributed by atoms with Crippen LogP contribution in [0.2, 0.25) is 0 Å². The highest BCUT2D eigenvalue weighted by atomic mass is 32.1. The molecule has 1 amide bonds. The van der Waals surface area contributed by atoms with Crippen LogP contribution < -0.4 is 11.1 Å². The van der Waals surface area contributed by atoms with Gasteiger partial charge in [0.25, 0.3) is 0 Å². The van der Waals surface area contributed by atoms with Gasteiger partial charge < -0.3 is 11.1 Å². The molecule has 3 nitrogen and oxygen atoms in total. The summed E-state index contributed by atoms with van der Waals surface area (Å²) in [6.07, 6.45) is 0. The van der Waals surface area contributed by atoms with Crippen LogP contribution in [-0.2, 0) is 4.79 Å². The molecule has 4 heteroatoms. The SMILES string of the molecule is CC(C)(CN)C(=O)Nc1ccc2sccc2c1. The lowest BCUT2D eigenvalue weighted by Crippen LogP contribution is -2.37. The summed E-state index contributed by atoms with van der Waals surface area (Å²) in [6.45, 7) is 4.01. The number of nitrogens with one attached hydrogen (secondary N) is 1. The molecule has 0 bridgehead atoms. The molecule has 2 rings (SSSR count). The maximum Gasteiger partial charge on any atom is 0.231 e. The number of carbonyl (C=O) groups excluding carboxylic acids is 1. The van der Waals surface area contributed by atoms with Crippen molar-refractivity contribution in [1.82, 2.24) is 0 Å². The Bertz CT molecular complexity index is 545. The fourth-order valence-electron chi connectivity index (χ4n) is 1.44. The first-order chi connectivity index (χ1) is 8.03. The van der Waals surface area contributed by atoms with Crippen molar-refractivity contribution in [3.8, 4) is 0 Å². The molecule has 0 unspecified atom stereocenters. The van der Waals surface area contributed by atoms with Gasteiger partial charge in [0.1, 0.15) is 0 Å². The van der Waals surface area contributed by atoms with Gasteiger partial charge in [0.15, 0.2) is 0 Å². The third-order valence-electron chi connectivity index (χ3n) is 2.84. The van der Waals surface area contributed by atoms with Crippen molar-refractivity contribution < 1.29 is 4.79 Å². The van der Waals surface area contributed by atoms with E-state index < -0.39 is 5.41 Å². The molecule has 17 heavy (non-hydrogen) atoms. The van der Waals surface area contributed by atoms with Gasteiger partial charge in [-0.25, -0.2) is 0 Å². The normalized spacial score (nSPS) is 11.7. The molecular weight excluding hydrogens is 232 g/mol. The average Bonchev–Trinajstić information content (AvgIpc) is 2.76. The number of fused-ring (bicyclic) bond motifs is 1. The monoisotopic (exact) mass is 248 g/mol. The standard InChI is InChI=1S/C13H16N2OS/c1-13(2,8-14)12(16)15-10-3-4-11-9(7-10)5-6-17-11/h3-7H,8,14H2,1-2H3,(H,15,16). The molecule has 0 saturated carbocycles. The second-order valence-electron chi connectivity index (χ2n) is 4.72. The highest BCUT2D eigenvalue weighted by Crippen LogP contribution is 2.25. The van der Waals surface area contributed by atoms with Crippen molar-refractivity contribution >= 4 is 33.0 Å². The molecule has 0 spiro atoms. The van der Waals surface area contributed by atoms with E-state index in [1.807, 2.05) is 43.5 Å². The molecule has 0 aliphatic heterocycles. The number of thiophene rings is 1. The smallest absolute Gasteiger partial charge is 0.231 e. The second kappa shape index (κ2) is 4.47. The average molecular weight is 248 g/mol. The van der Waals surface area contributed by atoms with Crippen LogP contribution in [0.25, 0.3) is 10.1 Å². The third kappa shape index (κ3) is 2.48. The van der Waals surface area contributed by atoms with Gasteiger partial charge in [-0.3, -0.25) is 4.79 Å². The van der Waals surface area contributed by atoms with Crippen molar-refractivity contribution in [3.05, 3.63) is 29.6 Å². The van der Waals surface area contributed by atoms with E-state index in [-0.39, 0.29) is 5.91 Å². The van der Waals surface area contributed by atoms with Gasteiger partial charge in [0.05, 0.1) is 5.41 Å². The molecule has 0 aliphatic rings. The number of anilines is 1. The first kappa shape index (κ1) is 12.1. The summed E-state index contributed by atoms with van der Waals surface area (Å²) in [5, 5.41) is 6.09. The van der Waals surface area contributed by atoms with Gasteiger partial charge in [-0.1, -0.05) is 0 Å². The maximum absolute atomic E-state index is 12.0. The van der Waals surface area contributed by atoms with E-state index in [1.165, 1.54) is 4.70 Å². The van der Waals surface area contributed by atoms with E-state index in [0.29, 0.717) is 6.54 Å². The Morgan fingerprint density at radius 3 is 2.88 bits per heavy atom. The molecule has 2 aromatic rings. The second-order valence-corrected chi connectivity index (χ2v) is 5.66. The Labute approximate surface area is 105 Å². The van der Waals surface area contributed by atoms with E-state index in [4.69, 9.17) is 5.73 Å². The Morgan fingerprint density at radius 1 is 1.41 bits per heavy atom. The molecule has 0 fully saturated rings. The molecule has 0 saturated heterocycles. The zero-order chi connectivity index (χ0) is 12.5. The van der Waals surface area contributed by atoms with Gasteiger partial charge in [-0.2, -0.15) is 0 Å². The first-order valence-electron chi connectivity index (χ1n) is 5.52. The first-order valence-corrected chi connectivity index (χ1v) is 6.40. The van der Waals surface area contributed by atoms with E-state index in [0.717, 1.165) is 11.1 Å². The van der Waals surface area contributed by atoms with Crippen LogP contribution in [-0.4, -0.2) is 12.5 Å². The van der Waals surface area contributed by atoms with E-state index in [1.54, 1.807) is 11.3 Å². The van der Waals surface area contributed by atoms with Crippen LogP contribution in [0.4, 0.5) is 5.69 Å². The van der Waals surface area contributed by atoms with Crippen molar-refractivity contribution in [2.45, 2.75) is 13.8 Å². The molecule has 1 heterocycles. The fraction of sp³-hybridized carbons (Fsp3) is 0.308. The van der Waals surface area contributed by atoms with Crippen molar-refractivity contribution in [3.63, 3.8) is 0 Å². The number of rotatable bonds is 3. The van der Waals surface area contributed by atoms with Gasteiger partial charge in [0.2, 0.25) is 5.91 Å². The molecule has 1 aromatic heterocycles. The van der Waals surface area contributed by atoms with Crippen LogP contribution >= 0.6 is 11.3 Å². The molecule has 1 aromatic carbocycles. The minimum absolute atomic E-state index is 0.0467. The number of amides is 1. The summed E-state index contributed by atoms with van der Waals surface area (Å²) in [7, 11) is 0. The Hall–Kier alpha value is -1.39. The molecule has 0 atom stereocenters. The Morgan fingerprint density at radius 2 is 2.18 bits per heavy atom.